The number of hydrogen-bond acceptors (Lipinski definition) is 6. The fourth-order valence-corrected chi connectivity index (χ4v) is 9.38. The minimum Gasteiger partial charge on any atom is -0.508 e. The molecule has 55 heavy (non-hydrogen) atoms. The molecule has 0 radical (unpaired) electrons. The summed E-state index contributed by atoms with van der Waals surface area (Å²) in [4.78, 5) is 38.7. The highest BCUT2D eigenvalue weighted by atomic mass is 79.9. The number of fused-ring (bicyclic) bond motifs is 3. The van der Waals surface area contributed by atoms with Crippen LogP contribution in [0.15, 0.2) is 95.5 Å². The fourth-order valence-electron chi connectivity index (χ4n) is 9.02. The van der Waals surface area contributed by atoms with E-state index in [1.54, 1.807) is 29.2 Å². The second kappa shape index (κ2) is 15.0. The van der Waals surface area contributed by atoms with E-state index in [0.29, 0.717) is 36.6 Å². The molecule has 5 aromatic rings. The summed E-state index contributed by atoms with van der Waals surface area (Å²) >= 11 is 3.74. The van der Waals surface area contributed by atoms with Crippen LogP contribution in [0.4, 0.5) is 17.1 Å². The maximum absolute atomic E-state index is 15.1. The number of aromatic hydroxyl groups is 1. The van der Waals surface area contributed by atoms with Crippen LogP contribution in [-0.2, 0) is 37.1 Å². The summed E-state index contributed by atoms with van der Waals surface area (Å²) in [5.41, 5.74) is 10.3. The highest BCUT2D eigenvalue weighted by Gasteiger charge is 2.35. The van der Waals surface area contributed by atoms with Gasteiger partial charge in [0.2, 0.25) is 0 Å². The Hall–Kier alpha value is -4.90. The van der Waals surface area contributed by atoms with E-state index in [4.69, 9.17) is 4.74 Å². The molecular formula is C45H46BrN5O4. The summed E-state index contributed by atoms with van der Waals surface area (Å²) in [6, 6.07) is 29.6. The van der Waals surface area contributed by atoms with E-state index >= 15 is 9.59 Å². The quantitative estimate of drug-likeness (QED) is 0.181. The van der Waals surface area contributed by atoms with Gasteiger partial charge in [-0.15, -0.1) is 0 Å². The molecule has 2 amide bonds. The number of amides is 2. The topological polar surface area (TPSA) is 81.5 Å². The maximum atomic E-state index is 15.1. The normalized spacial score (nSPS) is 18.1. The fraction of sp³-hybridized carbons (Fsp3) is 0.333. The predicted octanol–water partition coefficient (Wildman–Crippen LogP) is 7.83. The molecule has 4 aromatic carbocycles. The zero-order valence-corrected chi connectivity index (χ0v) is 32.8. The molecule has 5 heterocycles. The van der Waals surface area contributed by atoms with E-state index in [2.05, 4.69) is 78.6 Å². The Balaban J connectivity index is 1.12. The Morgan fingerprint density at radius 3 is 2.42 bits per heavy atom. The first-order valence-electron chi connectivity index (χ1n) is 19.5. The van der Waals surface area contributed by atoms with Gasteiger partial charge in [0.05, 0.1) is 18.8 Å². The van der Waals surface area contributed by atoms with E-state index in [0.717, 1.165) is 91.9 Å². The molecule has 0 aliphatic carbocycles. The van der Waals surface area contributed by atoms with Crippen LogP contribution in [0.2, 0.25) is 0 Å². The van der Waals surface area contributed by atoms with Gasteiger partial charge in [-0.25, -0.2) is 0 Å². The van der Waals surface area contributed by atoms with Crippen molar-refractivity contribution in [1.82, 2.24) is 14.4 Å². The number of morpholine rings is 1. The van der Waals surface area contributed by atoms with Gasteiger partial charge in [0, 0.05) is 96.4 Å². The summed E-state index contributed by atoms with van der Waals surface area (Å²) in [6.07, 6.45) is 4.45. The molecule has 10 heteroatoms. The number of ether oxygens (including phenoxy) is 1. The summed E-state index contributed by atoms with van der Waals surface area (Å²) < 4.78 is 8.80. The molecule has 4 aliphatic rings. The molecule has 0 spiro atoms. The standard InChI is InChI=1S/C45H46BrN5O4/c1-47-19-17-31-25-35(12-16-41(31)47)51(34-10-13-37(52)14-11-34)45(54)40-27-43(49-18-5-4-8-42(40)49)39-26-33(46)9-15-38(39)44(53)50-28-32-7-3-2-6-30(32)24-36(50)29-48-20-22-55-23-21-48/h2-3,6-7,9-16,25-27,36,52H,4-5,8,17-24,28-29H2,1H3/t36-/m0/s1. The van der Waals surface area contributed by atoms with Crippen LogP contribution in [-0.4, -0.2) is 83.8 Å². The number of aromatic nitrogens is 1. The Bertz CT molecular complexity index is 2260. The number of phenols is 1. The molecular weight excluding hydrogens is 754 g/mol. The predicted molar refractivity (Wildman–Crippen MR) is 220 cm³/mol. The minimum atomic E-state index is -0.130. The van der Waals surface area contributed by atoms with Gasteiger partial charge in [-0.05, 0) is 116 Å². The average Bonchev–Trinajstić information content (AvgIpc) is 3.79. The summed E-state index contributed by atoms with van der Waals surface area (Å²) in [7, 11) is 2.10. The molecule has 1 atom stereocenters. The van der Waals surface area contributed by atoms with Crippen molar-refractivity contribution in [2.45, 2.75) is 51.2 Å². The monoisotopic (exact) mass is 799 g/mol. The molecule has 9 nitrogen and oxygen atoms in total. The van der Waals surface area contributed by atoms with E-state index in [1.807, 2.05) is 30.3 Å². The van der Waals surface area contributed by atoms with Gasteiger partial charge < -0.3 is 24.2 Å². The van der Waals surface area contributed by atoms with Crippen molar-refractivity contribution in [3.05, 3.63) is 129 Å². The van der Waals surface area contributed by atoms with Crippen LogP contribution < -0.4 is 9.80 Å². The number of phenolic OH excluding ortho intramolecular Hbond substituents is 1. The molecule has 1 fully saturated rings. The number of likely N-dealkylation sites (N-methyl/N-ethyl adjacent to an activating group) is 1. The van der Waals surface area contributed by atoms with Gasteiger partial charge in [-0.1, -0.05) is 40.2 Å². The van der Waals surface area contributed by atoms with Crippen LogP contribution in [0.3, 0.4) is 0 Å². The van der Waals surface area contributed by atoms with Gasteiger partial charge in [0.25, 0.3) is 11.8 Å². The Morgan fingerprint density at radius 1 is 0.818 bits per heavy atom. The number of anilines is 3. The molecule has 0 bridgehead atoms. The lowest BCUT2D eigenvalue weighted by Gasteiger charge is -2.40. The SMILES string of the molecule is CN1CCc2cc(N(C(=O)c3cc(-c4cc(Br)ccc4C(=O)N4Cc5ccccc5C[C@H]4CN4CCOCC4)n4c3CCCC4)c3ccc(O)cc3)ccc21. The first-order valence-corrected chi connectivity index (χ1v) is 20.3. The largest absolute Gasteiger partial charge is 0.508 e. The molecule has 1 aromatic heterocycles. The van der Waals surface area contributed by atoms with E-state index in [9.17, 15) is 5.11 Å². The molecule has 1 N–H and O–H groups in total. The first kappa shape index (κ1) is 35.8. The van der Waals surface area contributed by atoms with E-state index in [-0.39, 0.29) is 23.6 Å². The Labute approximate surface area is 330 Å². The van der Waals surface area contributed by atoms with Crippen molar-refractivity contribution in [3.63, 3.8) is 0 Å². The Morgan fingerprint density at radius 2 is 1.60 bits per heavy atom. The zero-order chi connectivity index (χ0) is 37.6. The van der Waals surface area contributed by atoms with Crippen molar-refractivity contribution in [3.8, 4) is 17.0 Å². The smallest absolute Gasteiger partial charge is 0.264 e. The van der Waals surface area contributed by atoms with Crippen LogP contribution in [0, 0.1) is 0 Å². The lowest BCUT2D eigenvalue weighted by molar-refractivity contribution is 0.0193. The van der Waals surface area contributed by atoms with E-state index in [1.165, 1.54) is 22.4 Å². The number of carbonyl (C=O) groups is 2. The average molecular weight is 801 g/mol. The van der Waals surface area contributed by atoms with Gasteiger partial charge in [0.15, 0.2) is 0 Å². The lowest BCUT2D eigenvalue weighted by atomic mass is 9.92. The van der Waals surface area contributed by atoms with Gasteiger partial charge in [-0.3, -0.25) is 19.4 Å². The van der Waals surface area contributed by atoms with Crippen molar-refractivity contribution in [2.24, 2.45) is 0 Å². The second-order valence-corrected chi connectivity index (χ2v) is 16.2. The third kappa shape index (κ3) is 6.85. The van der Waals surface area contributed by atoms with Gasteiger partial charge in [-0.2, -0.15) is 0 Å². The van der Waals surface area contributed by atoms with Crippen molar-refractivity contribution in [1.29, 1.82) is 0 Å². The number of halogens is 1. The van der Waals surface area contributed by atoms with E-state index < -0.39 is 0 Å². The molecule has 9 rings (SSSR count). The van der Waals surface area contributed by atoms with Gasteiger partial charge >= 0.3 is 0 Å². The summed E-state index contributed by atoms with van der Waals surface area (Å²) in [5.74, 6) is 0.0183. The number of rotatable bonds is 7. The highest BCUT2D eigenvalue weighted by molar-refractivity contribution is 9.10. The van der Waals surface area contributed by atoms with Crippen LogP contribution in [0.1, 0.15) is 55.9 Å². The van der Waals surface area contributed by atoms with Crippen LogP contribution >= 0.6 is 15.9 Å². The Kier molecular flexibility index (Phi) is 9.74. The molecule has 282 valence electrons. The van der Waals surface area contributed by atoms with Gasteiger partial charge in [0.1, 0.15) is 5.75 Å². The summed E-state index contributed by atoms with van der Waals surface area (Å²) in [5, 5.41) is 10.2. The highest BCUT2D eigenvalue weighted by Crippen LogP contribution is 2.40. The zero-order valence-electron chi connectivity index (χ0n) is 31.2. The first-order chi connectivity index (χ1) is 26.8. The number of benzene rings is 4. The molecule has 0 saturated carbocycles. The maximum Gasteiger partial charge on any atom is 0.264 e. The minimum absolute atomic E-state index is 0.00308. The van der Waals surface area contributed by atoms with Crippen molar-refractivity contribution < 1.29 is 19.4 Å². The van der Waals surface area contributed by atoms with Crippen molar-refractivity contribution in [2.75, 3.05) is 56.2 Å². The van der Waals surface area contributed by atoms with Crippen LogP contribution in [0.25, 0.3) is 11.3 Å². The molecule has 1 saturated heterocycles. The molecule has 0 unspecified atom stereocenters. The number of nitrogens with zero attached hydrogens (tertiary/aromatic N) is 5. The third-order valence-corrected chi connectivity index (χ3v) is 12.4. The molecule has 4 aliphatic heterocycles. The lowest BCUT2D eigenvalue weighted by Crippen LogP contribution is -2.52. The van der Waals surface area contributed by atoms with Crippen molar-refractivity contribution >= 4 is 44.8 Å². The second-order valence-electron chi connectivity index (χ2n) is 15.3. The number of hydrogen-bond donors (Lipinski definition) is 1. The number of carbonyl (C=O) groups excluding carboxylic acids is 2. The summed E-state index contributed by atoms with van der Waals surface area (Å²) in [6.45, 7) is 6.19. The third-order valence-electron chi connectivity index (χ3n) is 11.9. The van der Waals surface area contributed by atoms with Crippen LogP contribution in [0.5, 0.6) is 5.75 Å².